The average molecular weight is 271 g/mol. The van der Waals surface area contributed by atoms with Crippen LogP contribution >= 0.6 is 23.6 Å². The Kier molecular flexibility index (Phi) is 6.11. The van der Waals surface area contributed by atoms with Crippen LogP contribution in [0.3, 0.4) is 0 Å². The summed E-state index contributed by atoms with van der Waals surface area (Å²) < 4.78 is 10.9. The third kappa shape index (κ3) is 4.07. The Morgan fingerprint density at radius 3 is 2.76 bits per heavy atom. The minimum absolute atomic E-state index is 0.621. The Bertz CT molecular complexity index is 446. The van der Waals surface area contributed by atoms with Gasteiger partial charge in [0.05, 0.1) is 6.54 Å². The van der Waals surface area contributed by atoms with Crippen LogP contribution in [0.2, 0.25) is 5.02 Å². The molecule has 0 unspecified atom stereocenters. The number of hydrogen-bond acceptors (Lipinski definition) is 3. The van der Waals surface area contributed by atoms with E-state index in [4.69, 9.17) is 16.2 Å². The van der Waals surface area contributed by atoms with Gasteiger partial charge >= 0.3 is 0 Å². The Balaban J connectivity index is 0.000000686. The summed E-state index contributed by atoms with van der Waals surface area (Å²) in [5, 5.41) is 4.72. The lowest BCUT2D eigenvalue weighted by atomic mass is 10.2. The number of nitrogens with zero attached hydrogens (tertiary/aromatic N) is 2. The fourth-order valence-electron chi connectivity index (χ4n) is 1.31. The summed E-state index contributed by atoms with van der Waals surface area (Å²) in [7, 11) is 0. The molecule has 0 fully saturated rings. The zero-order valence-corrected chi connectivity index (χ0v) is 11.4. The predicted molar refractivity (Wildman–Crippen MR) is 72.6 cm³/mol. The third-order valence-corrected chi connectivity index (χ3v) is 2.83. The lowest BCUT2D eigenvalue weighted by Gasteiger charge is -2.06. The smallest absolute Gasteiger partial charge is 0.0671 e. The van der Waals surface area contributed by atoms with Crippen molar-refractivity contribution < 1.29 is 4.55 Å². The van der Waals surface area contributed by atoms with E-state index in [0.717, 1.165) is 10.5 Å². The summed E-state index contributed by atoms with van der Waals surface area (Å²) in [6.07, 6.45) is 3.60. The molecule has 2 aromatic rings. The Hall–Kier alpha value is -0.970. The number of hydrogen-bond donors (Lipinski definition) is 1. The summed E-state index contributed by atoms with van der Waals surface area (Å²) in [6, 6.07) is 7.30. The molecular formula is C12H15ClN2OS. The van der Waals surface area contributed by atoms with E-state index >= 15 is 0 Å². The van der Waals surface area contributed by atoms with Gasteiger partial charge < -0.3 is 4.55 Å². The van der Waals surface area contributed by atoms with Gasteiger partial charge in [-0.15, -0.1) is 0 Å². The Labute approximate surface area is 111 Å². The van der Waals surface area contributed by atoms with E-state index in [9.17, 15) is 0 Å². The standard InChI is InChI=1S/C10H9ClN2OS.C2H6/c11-9-3-2-8(10(6-9)15-14)7-13-5-1-4-12-13;1-2/h1-6,14H,7H2;1-2H3. The second-order valence-electron chi connectivity index (χ2n) is 3.05. The van der Waals surface area contributed by atoms with Crippen molar-refractivity contribution in [2.24, 2.45) is 0 Å². The second kappa shape index (κ2) is 7.37. The first-order valence-corrected chi connectivity index (χ1v) is 6.52. The zero-order valence-electron chi connectivity index (χ0n) is 9.80. The first kappa shape index (κ1) is 14.1. The highest BCUT2D eigenvalue weighted by Crippen LogP contribution is 2.24. The van der Waals surface area contributed by atoms with Crippen molar-refractivity contribution in [1.82, 2.24) is 9.78 Å². The van der Waals surface area contributed by atoms with Crippen molar-refractivity contribution in [1.29, 1.82) is 0 Å². The van der Waals surface area contributed by atoms with Gasteiger partial charge in [0.15, 0.2) is 0 Å². The maximum atomic E-state index is 9.10. The monoisotopic (exact) mass is 270 g/mol. The van der Waals surface area contributed by atoms with Crippen LogP contribution in [0.5, 0.6) is 0 Å². The van der Waals surface area contributed by atoms with E-state index in [2.05, 4.69) is 5.10 Å². The van der Waals surface area contributed by atoms with Crippen LogP contribution < -0.4 is 0 Å². The molecule has 0 amide bonds. The molecular weight excluding hydrogens is 256 g/mol. The van der Waals surface area contributed by atoms with Gasteiger partial charge in [0.25, 0.3) is 0 Å². The molecule has 1 heterocycles. The number of aromatic nitrogens is 2. The molecule has 0 saturated carbocycles. The predicted octanol–water partition coefficient (Wildman–Crippen LogP) is 4.18. The number of halogens is 1. The largest absolute Gasteiger partial charge is 0.325 e. The summed E-state index contributed by atoms with van der Waals surface area (Å²) in [5.41, 5.74) is 0.996. The molecule has 1 N–H and O–H groups in total. The number of rotatable bonds is 3. The van der Waals surface area contributed by atoms with Gasteiger partial charge in [-0.05, 0) is 23.8 Å². The van der Waals surface area contributed by atoms with Crippen molar-refractivity contribution in [2.75, 3.05) is 0 Å². The Morgan fingerprint density at radius 1 is 1.41 bits per heavy atom. The van der Waals surface area contributed by atoms with Crippen LogP contribution in [0, 0.1) is 0 Å². The molecule has 2 rings (SSSR count). The van der Waals surface area contributed by atoms with Crippen molar-refractivity contribution in [2.45, 2.75) is 25.3 Å². The molecule has 0 bridgehead atoms. The van der Waals surface area contributed by atoms with Crippen LogP contribution in [0.1, 0.15) is 19.4 Å². The van der Waals surface area contributed by atoms with Gasteiger partial charge in [0.1, 0.15) is 0 Å². The van der Waals surface area contributed by atoms with E-state index in [1.54, 1.807) is 23.0 Å². The lowest BCUT2D eigenvalue weighted by Crippen LogP contribution is -2.01. The molecule has 0 saturated heterocycles. The van der Waals surface area contributed by atoms with Crippen LogP contribution in [0.25, 0.3) is 0 Å². The molecule has 0 aliphatic rings. The summed E-state index contributed by atoms with van der Waals surface area (Å²) in [4.78, 5) is 0.762. The van der Waals surface area contributed by atoms with Crippen LogP contribution in [0.15, 0.2) is 41.6 Å². The highest BCUT2D eigenvalue weighted by molar-refractivity contribution is 7.93. The van der Waals surface area contributed by atoms with Gasteiger partial charge in [-0.25, -0.2) is 0 Å². The zero-order chi connectivity index (χ0) is 12.7. The van der Waals surface area contributed by atoms with Crippen molar-refractivity contribution >= 4 is 23.6 Å². The molecule has 5 heteroatoms. The van der Waals surface area contributed by atoms with Crippen LogP contribution in [0.4, 0.5) is 0 Å². The van der Waals surface area contributed by atoms with Gasteiger partial charge in [0, 0.05) is 34.4 Å². The molecule has 0 atom stereocenters. The maximum absolute atomic E-state index is 9.10. The van der Waals surface area contributed by atoms with Gasteiger partial charge in [0.2, 0.25) is 0 Å². The summed E-state index contributed by atoms with van der Waals surface area (Å²) in [6.45, 7) is 4.63. The molecule has 1 aromatic carbocycles. The highest BCUT2D eigenvalue weighted by Gasteiger charge is 2.04. The topological polar surface area (TPSA) is 38.0 Å². The molecule has 0 spiro atoms. The van der Waals surface area contributed by atoms with Gasteiger partial charge in [-0.2, -0.15) is 5.10 Å². The third-order valence-electron chi connectivity index (χ3n) is 2.02. The minimum Gasteiger partial charge on any atom is -0.325 e. The highest BCUT2D eigenvalue weighted by atomic mass is 35.5. The average Bonchev–Trinajstić information content (AvgIpc) is 2.87. The van der Waals surface area contributed by atoms with Crippen molar-refractivity contribution in [3.63, 3.8) is 0 Å². The SMILES string of the molecule is CC.OSc1cc(Cl)ccc1Cn1cccn1. The van der Waals surface area contributed by atoms with E-state index < -0.39 is 0 Å². The fraction of sp³-hybridized carbons (Fsp3) is 0.250. The van der Waals surface area contributed by atoms with Crippen molar-refractivity contribution in [3.05, 3.63) is 47.2 Å². The van der Waals surface area contributed by atoms with Crippen molar-refractivity contribution in [3.8, 4) is 0 Å². The van der Waals surface area contributed by atoms with E-state index in [0.29, 0.717) is 23.6 Å². The minimum atomic E-state index is 0.621. The first-order chi connectivity index (χ1) is 8.29. The second-order valence-corrected chi connectivity index (χ2v) is 4.11. The molecule has 92 valence electrons. The molecule has 3 nitrogen and oxygen atoms in total. The summed E-state index contributed by atoms with van der Waals surface area (Å²) >= 11 is 6.54. The number of benzene rings is 1. The summed E-state index contributed by atoms with van der Waals surface area (Å²) in [5.74, 6) is 0. The molecule has 1 aromatic heterocycles. The van der Waals surface area contributed by atoms with E-state index in [1.807, 2.05) is 32.2 Å². The molecule has 0 radical (unpaired) electrons. The normalized spacial score (nSPS) is 9.65. The molecule has 17 heavy (non-hydrogen) atoms. The van der Waals surface area contributed by atoms with E-state index in [-0.39, 0.29) is 0 Å². The maximum Gasteiger partial charge on any atom is 0.0671 e. The van der Waals surface area contributed by atoms with Crippen LogP contribution in [-0.4, -0.2) is 14.3 Å². The Morgan fingerprint density at radius 2 is 2.18 bits per heavy atom. The van der Waals surface area contributed by atoms with E-state index in [1.165, 1.54) is 0 Å². The lowest BCUT2D eigenvalue weighted by molar-refractivity contribution is 0.653. The first-order valence-electron chi connectivity index (χ1n) is 5.37. The quantitative estimate of drug-likeness (QED) is 0.851. The molecule has 0 aliphatic heterocycles. The fourth-order valence-corrected chi connectivity index (χ4v) is 1.98. The van der Waals surface area contributed by atoms with Crippen LogP contribution in [-0.2, 0) is 6.54 Å². The van der Waals surface area contributed by atoms with Gasteiger partial charge in [-0.1, -0.05) is 31.5 Å². The van der Waals surface area contributed by atoms with Gasteiger partial charge in [-0.3, -0.25) is 4.68 Å². The molecule has 0 aliphatic carbocycles.